The Kier molecular flexibility index (Phi) is 5.14. The zero-order valence-electron chi connectivity index (χ0n) is 20.1. The van der Waals surface area contributed by atoms with E-state index in [1.807, 2.05) is 0 Å². The highest BCUT2D eigenvalue weighted by molar-refractivity contribution is 5.77. The summed E-state index contributed by atoms with van der Waals surface area (Å²) in [6.07, 6.45) is 4.36. The lowest BCUT2D eigenvalue weighted by Gasteiger charge is -2.61. The summed E-state index contributed by atoms with van der Waals surface area (Å²) in [7, 11) is 0. The number of ether oxygens (including phenoxy) is 1. The number of benzene rings is 1. The van der Waals surface area contributed by atoms with Crippen LogP contribution in [0.4, 0.5) is 29.6 Å². The van der Waals surface area contributed by atoms with Crippen molar-refractivity contribution in [2.75, 3.05) is 5.32 Å². The number of amides is 1. The molecule has 0 saturated heterocycles. The number of nitrogens with one attached hydrogen (secondary N) is 3. The number of aromatic nitrogens is 5. The van der Waals surface area contributed by atoms with Crippen molar-refractivity contribution in [2.24, 2.45) is 5.92 Å². The number of carbonyl (C=O) groups is 1. The second kappa shape index (κ2) is 8.47. The van der Waals surface area contributed by atoms with E-state index in [0.717, 1.165) is 31.2 Å². The first kappa shape index (κ1) is 23.1. The van der Waals surface area contributed by atoms with Crippen molar-refractivity contribution in [1.29, 1.82) is 0 Å². The van der Waals surface area contributed by atoms with Crippen molar-refractivity contribution in [1.82, 2.24) is 30.1 Å². The van der Waals surface area contributed by atoms with Gasteiger partial charge in [0, 0.05) is 47.2 Å². The van der Waals surface area contributed by atoms with Crippen LogP contribution in [0.25, 0.3) is 16.8 Å². The molecule has 0 aliphatic heterocycles. The minimum atomic E-state index is -1.35. The van der Waals surface area contributed by atoms with E-state index >= 15 is 4.39 Å². The van der Waals surface area contributed by atoms with E-state index < -0.39 is 35.9 Å². The van der Waals surface area contributed by atoms with Crippen LogP contribution >= 0.6 is 0 Å². The summed E-state index contributed by atoms with van der Waals surface area (Å²) in [5.41, 5.74) is 1.70. The van der Waals surface area contributed by atoms with Crippen LogP contribution < -0.4 is 10.6 Å². The van der Waals surface area contributed by atoms with Gasteiger partial charge in [0.05, 0.1) is 5.69 Å². The van der Waals surface area contributed by atoms with Gasteiger partial charge in [0.1, 0.15) is 29.4 Å². The van der Waals surface area contributed by atoms with Crippen LogP contribution in [0, 0.1) is 17.6 Å². The average molecular weight is 524 g/mol. The minimum absolute atomic E-state index is 0.115. The topological polar surface area (TPSA) is 109 Å². The van der Waals surface area contributed by atoms with Gasteiger partial charge in [-0.25, -0.2) is 27.5 Å². The number of alkyl halides is 1. The van der Waals surface area contributed by atoms with Crippen LogP contribution in [0.3, 0.4) is 0 Å². The Morgan fingerprint density at radius 3 is 2.63 bits per heavy atom. The Morgan fingerprint density at radius 2 is 1.89 bits per heavy atom. The molecule has 38 heavy (non-hydrogen) atoms. The summed E-state index contributed by atoms with van der Waals surface area (Å²) in [5.74, 6) is -0.329. The van der Waals surface area contributed by atoms with Crippen molar-refractivity contribution in [3.63, 3.8) is 0 Å². The van der Waals surface area contributed by atoms with Crippen molar-refractivity contribution in [2.45, 2.75) is 55.8 Å². The van der Waals surface area contributed by atoms with E-state index in [1.165, 1.54) is 22.8 Å². The minimum Gasteiger partial charge on any atom is -0.443 e. The predicted molar refractivity (Wildman–Crippen MR) is 131 cm³/mol. The number of alkyl carbamates (subject to hydrolysis) is 1. The summed E-state index contributed by atoms with van der Waals surface area (Å²) in [6.45, 7) is 0. The maximum Gasteiger partial charge on any atom is 0.407 e. The summed E-state index contributed by atoms with van der Waals surface area (Å²) in [6, 6.07) is 6.57. The average Bonchev–Trinajstić information content (AvgIpc) is 3.55. The summed E-state index contributed by atoms with van der Waals surface area (Å²) < 4.78 is 49.6. The van der Waals surface area contributed by atoms with E-state index in [-0.39, 0.29) is 5.54 Å². The molecule has 4 aromatic rings. The van der Waals surface area contributed by atoms with E-state index in [2.05, 4.69) is 30.9 Å². The second-order valence-corrected chi connectivity index (χ2v) is 10.6. The number of hydrogen-bond acceptors (Lipinski definition) is 6. The number of aromatic amines is 1. The standard InChI is InChI=1S/C26H24F3N7O2/c27-15-5-14(6-16(28)7-15)18-8-20-24(30-3-4-36(20)35-18)31-22-9-19(33-34-22)17-1-2-21(23(17)29)38-25(37)32-26-10-13(11-26)12-26/h3-9,13,17,21,23H,1-2,10-12H2,(H,32,37)(H2,30,31,33,34)/t13?,17-,21-,23-,26?/m1/s1. The molecule has 0 radical (unpaired) electrons. The maximum atomic E-state index is 15.3. The highest BCUT2D eigenvalue weighted by atomic mass is 19.1. The Bertz CT molecular complexity index is 1520. The van der Waals surface area contributed by atoms with Crippen molar-refractivity contribution in [3.8, 4) is 11.3 Å². The molecule has 3 atom stereocenters. The molecule has 4 aliphatic rings. The number of rotatable bonds is 6. The highest BCUT2D eigenvalue weighted by Gasteiger charge is 2.58. The molecule has 0 unspecified atom stereocenters. The van der Waals surface area contributed by atoms with Gasteiger partial charge in [-0.1, -0.05) is 0 Å². The van der Waals surface area contributed by atoms with Gasteiger partial charge in [-0.2, -0.15) is 10.2 Å². The molecule has 3 heterocycles. The van der Waals surface area contributed by atoms with E-state index in [1.54, 1.807) is 18.3 Å². The first-order valence-electron chi connectivity index (χ1n) is 12.6. The SMILES string of the molecule is O=C(NC12CC(C1)C2)O[C@@H]1CC[C@H](c2cc(Nc3nccn4nc(-c5cc(F)cc(F)c5)cc34)n[nH]2)[C@H]1F. The molecule has 9 nitrogen and oxygen atoms in total. The summed E-state index contributed by atoms with van der Waals surface area (Å²) >= 11 is 0. The lowest BCUT2D eigenvalue weighted by Crippen LogP contribution is -2.68. The molecule has 196 valence electrons. The number of nitrogens with zero attached hydrogens (tertiary/aromatic N) is 4. The number of H-pyrrole nitrogens is 1. The van der Waals surface area contributed by atoms with Gasteiger partial charge in [0.15, 0.2) is 11.6 Å². The first-order valence-corrected chi connectivity index (χ1v) is 12.6. The Balaban J connectivity index is 1.05. The van der Waals surface area contributed by atoms with Crippen LogP contribution in [0.5, 0.6) is 0 Å². The Morgan fingerprint density at radius 1 is 1.11 bits per heavy atom. The third-order valence-electron chi connectivity index (χ3n) is 7.96. The molecule has 1 aromatic carbocycles. The van der Waals surface area contributed by atoms with Gasteiger partial charge in [-0.15, -0.1) is 0 Å². The van der Waals surface area contributed by atoms with E-state index in [9.17, 15) is 13.6 Å². The number of fused-ring (bicyclic) bond motifs is 1. The predicted octanol–water partition coefficient (Wildman–Crippen LogP) is 5.00. The number of carbonyl (C=O) groups excluding carboxylic acids is 1. The summed E-state index contributed by atoms with van der Waals surface area (Å²) in [5, 5.41) is 17.5. The smallest absolute Gasteiger partial charge is 0.407 e. The molecule has 3 aromatic heterocycles. The molecule has 1 amide bonds. The first-order chi connectivity index (χ1) is 18.3. The highest BCUT2D eigenvalue weighted by Crippen LogP contribution is 2.57. The zero-order chi connectivity index (χ0) is 26.0. The van der Waals surface area contributed by atoms with Crippen molar-refractivity contribution in [3.05, 3.63) is 60.1 Å². The van der Waals surface area contributed by atoms with E-state index in [4.69, 9.17) is 4.74 Å². The molecular formula is C26H24F3N7O2. The molecule has 8 rings (SSSR count). The quantitative estimate of drug-likeness (QED) is 0.328. The van der Waals surface area contributed by atoms with Gasteiger partial charge < -0.3 is 15.4 Å². The molecule has 4 saturated carbocycles. The van der Waals surface area contributed by atoms with Crippen molar-refractivity contribution < 1.29 is 22.7 Å². The third kappa shape index (κ3) is 3.95. The molecular weight excluding hydrogens is 499 g/mol. The number of hydrogen-bond donors (Lipinski definition) is 3. The molecule has 4 aliphatic carbocycles. The second-order valence-electron chi connectivity index (χ2n) is 10.6. The zero-order valence-corrected chi connectivity index (χ0v) is 20.1. The fourth-order valence-electron chi connectivity index (χ4n) is 5.96. The molecule has 2 bridgehead atoms. The van der Waals surface area contributed by atoms with Crippen LogP contribution in [-0.2, 0) is 4.74 Å². The van der Waals surface area contributed by atoms with Crippen LogP contribution in [0.2, 0.25) is 0 Å². The largest absolute Gasteiger partial charge is 0.443 e. The molecule has 12 heteroatoms. The lowest BCUT2D eigenvalue weighted by atomic mass is 9.50. The van der Waals surface area contributed by atoms with Crippen molar-refractivity contribution >= 4 is 23.2 Å². The van der Waals surface area contributed by atoms with Gasteiger partial charge in [-0.05, 0) is 56.2 Å². The monoisotopic (exact) mass is 523 g/mol. The van der Waals surface area contributed by atoms with Crippen LogP contribution in [0.1, 0.15) is 43.7 Å². The third-order valence-corrected chi connectivity index (χ3v) is 7.96. The van der Waals surface area contributed by atoms with Crippen LogP contribution in [-0.4, -0.2) is 48.7 Å². The fraction of sp³-hybridized carbons (Fsp3) is 0.385. The molecule has 3 N–H and O–H groups in total. The van der Waals surface area contributed by atoms with Gasteiger partial charge in [0.25, 0.3) is 0 Å². The molecule has 4 fully saturated rings. The van der Waals surface area contributed by atoms with Gasteiger partial charge in [0.2, 0.25) is 0 Å². The van der Waals surface area contributed by atoms with Crippen LogP contribution in [0.15, 0.2) is 42.7 Å². The molecule has 0 spiro atoms. The maximum absolute atomic E-state index is 15.3. The van der Waals surface area contributed by atoms with Gasteiger partial charge >= 0.3 is 6.09 Å². The Hall–Kier alpha value is -4.09. The Labute approximate surface area is 214 Å². The normalized spacial score (nSPS) is 27.6. The lowest BCUT2D eigenvalue weighted by molar-refractivity contribution is -0.0532. The van der Waals surface area contributed by atoms with Gasteiger partial charge in [-0.3, -0.25) is 5.10 Å². The summed E-state index contributed by atoms with van der Waals surface area (Å²) in [4.78, 5) is 16.6. The number of anilines is 2. The van der Waals surface area contributed by atoms with E-state index in [0.29, 0.717) is 46.9 Å². The fourth-order valence-corrected chi connectivity index (χ4v) is 5.96. The number of halogens is 3.